The number of hydrogen-bond acceptors (Lipinski definition) is 4. The first-order chi connectivity index (χ1) is 8.58. The van der Waals surface area contributed by atoms with Crippen LogP contribution in [0.25, 0.3) is 0 Å². The summed E-state index contributed by atoms with van der Waals surface area (Å²) in [6.45, 7) is 0.440. The maximum atomic E-state index is 11.9. The van der Waals surface area contributed by atoms with Gasteiger partial charge < -0.3 is 0 Å². The Bertz CT molecular complexity index is 528. The summed E-state index contributed by atoms with van der Waals surface area (Å²) >= 11 is 5.52. The maximum Gasteiger partial charge on any atom is 0.243 e. The van der Waals surface area contributed by atoms with E-state index in [9.17, 15) is 8.42 Å². The number of nitrogens with one attached hydrogen (secondary N) is 1. The summed E-state index contributed by atoms with van der Waals surface area (Å²) in [5, 5.41) is 0.0337. The van der Waals surface area contributed by atoms with E-state index < -0.39 is 10.0 Å². The van der Waals surface area contributed by atoms with Crippen LogP contribution in [0, 0.1) is 5.92 Å². The van der Waals surface area contributed by atoms with Crippen LogP contribution in [0.4, 0.5) is 0 Å². The highest BCUT2D eigenvalue weighted by Crippen LogP contribution is 2.18. The molecule has 1 heterocycles. The molecule has 1 aromatic heterocycles. The van der Waals surface area contributed by atoms with Crippen LogP contribution in [0.1, 0.15) is 19.3 Å². The molecular formula is C11H14ClN3O2S. The Hall–Kier alpha value is -0.980. The second kappa shape index (κ2) is 5.77. The molecule has 7 heteroatoms. The number of nitrogens with zero attached hydrogens (tertiary/aromatic N) is 2. The van der Waals surface area contributed by atoms with Gasteiger partial charge in [-0.15, -0.1) is 0 Å². The Morgan fingerprint density at radius 2 is 2.06 bits per heavy atom. The normalized spacial score (nSPS) is 19.9. The Morgan fingerprint density at radius 1 is 1.33 bits per heavy atom. The Labute approximate surface area is 111 Å². The fraction of sp³-hybridized carbons (Fsp3) is 0.455. The lowest BCUT2D eigenvalue weighted by molar-refractivity contribution is 0.468. The van der Waals surface area contributed by atoms with Gasteiger partial charge in [0, 0.05) is 6.54 Å². The molecule has 1 aliphatic rings. The zero-order valence-corrected chi connectivity index (χ0v) is 11.3. The molecule has 1 aromatic rings. The largest absolute Gasteiger partial charge is 0.243 e. The van der Waals surface area contributed by atoms with E-state index in [2.05, 4.69) is 26.8 Å². The molecular weight excluding hydrogens is 274 g/mol. The molecule has 98 valence electrons. The first-order valence-electron chi connectivity index (χ1n) is 5.70. The number of rotatable bonds is 4. The van der Waals surface area contributed by atoms with Crippen molar-refractivity contribution < 1.29 is 8.42 Å². The van der Waals surface area contributed by atoms with E-state index in [-0.39, 0.29) is 10.2 Å². The van der Waals surface area contributed by atoms with Gasteiger partial charge in [0.05, 0.1) is 12.4 Å². The predicted molar refractivity (Wildman–Crippen MR) is 68.7 cm³/mol. The van der Waals surface area contributed by atoms with Gasteiger partial charge >= 0.3 is 0 Å². The molecule has 0 aliphatic heterocycles. The van der Waals surface area contributed by atoms with Crippen molar-refractivity contribution in [3.63, 3.8) is 0 Å². The average molecular weight is 288 g/mol. The SMILES string of the molecule is O=S(=O)(NCC1CC=CCC1)c1cnc(Cl)nc1. The highest BCUT2D eigenvalue weighted by molar-refractivity contribution is 7.89. The number of halogens is 1. The van der Waals surface area contributed by atoms with Crippen LogP contribution < -0.4 is 4.72 Å². The van der Waals surface area contributed by atoms with Gasteiger partial charge in [0.2, 0.25) is 15.3 Å². The van der Waals surface area contributed by atoms with Gasteiger partial charge in [-0.1, -0.05) is 12.2 Å². The van der Waals surface area contributed by atoms with E-state index in [4.69, 9.17) is 11.6 Å². The summed E-state index contributed by atoms with van der Waals surface area (Å²) in [5.74, 6) is 0.359. The molecule has 5 nitrogen and oxygen atoms in total. The minimum Gasteiger partial charge on any atom is -0.225 e. The fourth-order valence-corrected chi connectivity index (χ4v) is 2.89. The molecule has 2 rings (SSSR count). The molecule has 0 amide bonds. The lowest BCUT2D eigenvalue weighted by atomic mass is 9.95. The van der Waals surface area contributed by atoms with Crippen molar-refractivity contribution in [3.8, 4) is 0 Å². The van der Waals surface area contributed by atoms with Crippen LogP contribution in [-0.2, 0) is 10.0 Å². The topological polar surface area (TPSA) is 72.0 Å². The first-order valence-corrected chi connectivity index (χ1v) is 7.56. The molecule has 1 atom stereocenters. The molecule has 18 heavy (non-hydrogen) atoms. The second-order valence-corrected chi connectivity index (χ2v) is 6.30. The molecule has 0 aromatic carbocycles. The highest BCUT2D eigenvalue weighted by Gasteiger charge is 2.18. The molecule has 1 unspecified atom stereocenters. The van der Waals surface area contributed by atoms with Gasteiger partial charge in [-0.2, -0.15) is 0 Å². The molecule has 1 N–H and O–H groups in total. The van der Waals surface area contributed by atoms with E-state index in [0.717, 1.165) is 19.3 Å². The van der Waals surface area contributed by atoms with Crippen molar-refractivity contribution in [1.29, 1.82) is 0 Å². The summed E-state index contributed by atoms with van der Waals surface area (Å²) in [5.41, 5.74) is 0. The molecule has 0 bridgehead atoms. The van der Waals surface area contributed by atoms with Crippen LogP contribution in [-0.4, -0.2) is 24.9 Å². The minimum atomic E-state index is -3.53. The second-order valence-electron chi connectivity index (χ2n) is 4.19. The van der Waals surface area contributed by atoms with E-state index in [0.29, 0.717) is 12.5 Å². The van der Waals surface area contributed by atoms with E-state index in [1.54, 1.807) is 0 Å². The standard InChI is InChI=1S/C11H14ClN3O2S/c12-11-13-7-10(8-14-11)18(16,17)15-6-9-4-2-1-3-5-9/h1-2,7-9,15H,3-6H2. The van der Waals surface area contributed by atoms with Crippen molar-refractivity contribution in [2.24, 2.45) is 5.92 Å². The van der Waals surface area contributed by atoms with E-state index in [1.807, 2.05) is 0 Å². The van der Waals surface area contributed by atoms with Crippen molar-refractivity contribution in [1.82, 2.24) is 14.7 Å². The number of aromatic nitrogens is 2. The third-order valence-electron chi connectivity index (χ3n) is 2.85. The van der Waals surface area contributed by atoms with Gasteiger partial charge in [-0.25, -0.2) is 23.1 Å². The maximum absolute atomic E-state index is 11.9. The summed E-state index contributed by atoms with van der Waals surface area (Å²) in [6.07, 6.45) is 9.56. The van der Waals surface area contributed by atoms with E-state index in [1.165, 1.54) is 12.4 Å². The monoisotopic (exact) mass is 287 g/mol. The van der Waals surface area contributed by atoms with Crippen molar-refractivity contribution in [3.05, 3.63) is 29.8 Å². The zero-order valence-electron chi connectivity index (χ0n) is 9.71. The van der Waals surface area contributed by atoms with Crippen LogP contribution in [0.15, 0.2) is 29.4 Å². The van der Waals surface area contributed by atoms with Crippen molar-refractivity contribution in [2.75, 3.05) is 6.54 Å². The van der Waals surface area contributed by atoms with Crippen LogP contribution in [0.5, 0.6) is 0 Å². The number of sulfonamides is 1. The summed E-state index contributed by atoms with van der Waals surface area (Å²) in [4.78, 5) is 7.37. The molecule has 0 saturated heterocycles. The van der Waals surface area contributed by atoms with E-state index >= 15 is 0 Å². The summed E-state index contributed by atoms with van der Waals surface area (Å²) in [6, 6.07) is 0. The predicted octanol–water partition coefficient (Wildman–Crippen LogP) is 1.76. The lowest BCUT2D eigenvalue weighted by Crippen LogP contribution is -2.30. The lowest BCUT2D eigenvalue weighted by Gasteiger charge is -2.17. The zero-order chi connectivity index (χ0) is 13.0. The Kier molecular flexibility index (Phi) is 4.31. The molecule has 0 radical (unpaired) electrons. The highest BCUT2D eigenvalue weighted by atomic mass is 35.5. The van der Waals surface area contributed by atoms with Gasteiger partial charge in [0.15, 0.2) is 0 Å². The first kappa shape index (κ1) is 13.5. The molecule has 0 fully saturated rings. The Morgan fingerprint density at radius 3 is 2.67 bits per heavy atom. The van der Waals surface area contributed by atoms with Crippen LogP contribution >= 0.6 is 11.6 Å². The third kappa shape index (κ3) is 3.51. The number of allylic oxidation sites excluding steroid dienone is 2. The van der Waals surface area contributed by atoms with Crippen LogP contribution in [0.3, 0.4) is 0 Å². The number of hydrogen-bond donors (Lipinski definition) is 1. The Balaban J connectivity index is 1.99. The van der Waals surface area contributed by atoms with Gasteiger partial charge in [-0.05, 0) is 36.8 Å². The molecule has 0 saturated carbocycles. The van der Waals surface area contributed by atoms with Crippen molar-refractivity contribution in [2.45, 2.75) is 24.2 Å². The van der Waals surface area contributed by atoms with Gasteiger partial charge in [0.25, 0.3) is 0 Å². The molecule has 1 aliphatic carbocycles. The van der Waals surface area contributed by atoms with Crippen molar-refractivity contribution >= 4 is 21.6 Å². The smallest absolute Gasteiger partial charge is 0.225 e. The quantitative estimate of drug-likeness (QED) is 0.677. The third-order valence-corrected chi connectivity index (χ3v) is 4.42. The summed E-state index contributed by atoms with van der Waals surface area (Å²) < 4.78 is 26.4. The molecule has 0 spiro atoms. The minimum absolute atomic E-state index is 0.0337. The van der Waals surface area contributed by atoms with Gasteiger partial charge in [-0.3, -0.25) is 0 Å². The van der Waals surface area contributed by atoms with Gasteiger partial charge in [0.1, 0.15) is 4.90 Å². The average Bonchev–Trinajstić information content (AvgIpc) is 2.38. The van der Waals surface area contributed by atoms with Crippen LogP contribution in [0.2, 0.25) is 5.28 Å². The fourth-order valence-electron chi connectivity index (χ4n) is 1.79. The summed E-state index contributed by atoms with van der Waals surface area (Å²) in [7, 11) is -3.53.